The Balaban J connectivity index is 1.70. The summed E-state index contributed by atoms with van der Waals surface area (Å²) in [6, 6.07) is 10.6. The number of hydrogen-bond acceptors (Lipinski definition) is 5. The van der Waals surface area contributed by atoms with Gasteiger partial charge in [0, 0.05) is 24.7 Å². The molecule has 2 aromatic heterocycles. The average molecular weight is 452 g/mol. The van der Waals surface area contributed by atoms with Gasteiger partial charge in [0.05, 0.1) is 16.6 Å². The summed E-state index contributed by atoms with van der Waals surface area (Å²) >= 11 is 0. The van der Waals surface area contributed by atoms with Crippen LogP contribution in [0.2, 0.25) is 0 Å². The highest BCUT2D eigenvalue weighted by Crippen LogP contribution is 2.36. The van der Waals surface area contributed by atoms with Gasteiger partial charge in [0.25, 0.3) is 5.95 Å². The van der Waals surface area contributed by atoms with Crippen LogP contribution in [0.4, 0.5) is 32.3 Å². The topological polar surface area (TPSA) is 70.6 Å². The lowest BCUT2D eigenvalue weighted by atomic mass is 10.0. The standard InChI is InChI=1S/C20H14F6N6/c21-19(22,23)15-6-12(7-16(8-15)20(24,25)26)10-32(18-28-30-31-29-18)11-13-5-14-3-1-2-4-17(14)27-9-13/h1-9H,10-11H2,(H,28,29,30,31). The zero-order valence-corrected chi connectivity index (χ0v) is 16.1. The number of benzene rings is 2. The number of para-hydroxylation sites is 1. The van der Waals surface area contributed by atoms with Crippen molar-refractivity contribution >= 4 is 16.9 Å². The van der Waals surface area contributed by atoms with Gasteiger partial charge in [-0.05, 0) is 46.7 Å². The van der Waals surface area contributed by atoms with Crippen molar-refractivity contribution < 1.29 is 26.3 Å². The van der Waals surface area contributed by atoms with Crippen molar-refractivity contribution in [1.29, 1.82) is 0 Å². The maximum atomic E-state index is 13.2. The van der Waals surface area contributed by atoms with Crippen molar-refractivity contribution in [3.63, 3.8) is 0 Å². The van der Waals surface area contributed by atoms with Crippen molar-refractivity contribution in [2.24, 2.45) is 0 Å². The Morgan fingerprint density at radius 3 is 2.09 bits per heavy atom. The van der Waals surface area contributed by atoms with Crippen molar-refractivity contribution in [2.45, 2.75) is 25.4 Å². The Kier molecular flexibility index (Phi) is 5.45. The number of halogens is 6. The number of pyridine rings is 1. The molecule has 0 bridgehead atoms. The molecule has 166 valence electrons. The van der Waals surface area contributed by atoms with Gasteiger partial charge in [-0.2, -0.15) is 31.6 Å². The highest BCUT2D eigenvalue weighted by atomic mass is 19.4. The third-order valence-corrected chi connectivity index (χ3v) is 4.66. The molecule has 2 heterocycles. The summed E-state index contributed by atoms with van der Waals surface area (Å²) in [4.78, 5) is 5.73. The number of nitrogens with one attached hydrogen (secondary N) is 1. The fourth-order valence-electron chi connectivity index (χ4n) is 3.24. The second kappa shape index (κ2) is 8.09. The van der Waals surface area contributed by atoms with Gasteiger partial charge in [-0.25, -0.2) is 0 Å². The van der Waals surface area contributed by atoms with Crippen LogP contribution in [0, 0.1) is 0 Å². The van der Waals surface area contributed by atoms with Gasteiger partial charge in [0.15, 0.2) is 0 Å². The number of fused-ring (bicyclic) bond motifs is 1. The fraction of sp³-hybridized carbons (Fsp3) is 0.200. The summed E-state index contributed by atoms with van der Waals surface area (Å²) in [7, 11) is 0. The predicted molar refractivity (Wildman–Crippen MR) is 102 cm³/mol. The molecule has 0 fully saturated rings. The molecule has 0 atom stereocenters. The Bertz CT molecular complexity index is 1190. The molecule has 6 nitrogen and oxygen atoms in total. The molecule has 32 heavy (non-hydrogen) atoms. The lowest BCUT2D eigenvalue weighted by Crippen LogP contribution is -2.24. The fourth-order valence-corrected chi connectivity index (χ4v) is 3.24. The molecular weight excluding hydrogens is 438 g/mol. The minimum Gasteiger partial charge on any atom is -0.329 e. The number of alkyl halides is 6. The van der Waals surface area contributed by atoms with E-state index in [4.69, 9.17) is 0 Å². The third kappa shape index (κ3) is 4.79. The average Bonchev–Trinajstić information content (AvgIpc) is 3.27. The van der Waals surface area contributed by atoms with Crippen LogP contribution in [0.1, 0.15) is 22.3 Å². The number of nitrogens with zero attached hydrogens (tertiary/aromatic N) is 5. The van der Waals surface area contributed by atoms with Crippen LogP contribution in [-0.2, 0) is 25.4 Å². The summed E-state index contributed by atoms with van der Waals surface area (Å²) in [5.41, 5.74) is -1.57. The molecule has 0 saturated heterocycles. The SMILES string of the molecule is FC(F)(F)c1cc(CN(Cc2cnc3ccccc3c2)c2nn[nH]n2)cc(C(F)(F)F)c1. The molecular formula is C20H14F6N6. The van der Waals surface area contributed by atoms with Crippen molar-refractivity contribution in [3.05, 3.63) is 77.0 Å². The van der Waals surface area contributed by atoms with Gasteiger partial charge in [-0.3, -0.25) is 4.98 Å². The largest absolute Gasteiger partial charge is 0.416 e. The molecule has 4 aromatic rings. The van der Waals surface area contributed by atoms with Crippen molar-refractivity contribution in [2.75, 3.05) is 4.90 Å². The summed E-state index contributed by atoms with van der Waals surface area (Å²) in [5, 5.41) is 14.2. The van der Waals surface area contributed by atoms with E-state index in [1.54, 1.807) is 6.20 Å². The zero-order valence-electron chi connectivity index (χ0n) is 16.1. The predicted octanol–water partition coefficient (Wildman–Crippen LogP) is 4.99. The Morgan fingerprint density at radius 2 is 1.47 bits per heavy atom. The summed E-state index contributed by atoms with van der Waals surface area (Å²) in [6.07, 6.45) is -8.30. The van der Waals surface area contributed by atoms with E-state index in [-0.39, 0.29) is 30.7 Å². The number of anilines is 1. The van der Waals surface area contributed by atoms with E-state index >= 15 is 0 Å². The molecule has 0 aliphatic carbocycles. The normalized spacial score (nSPS) is 12.3. The Morgan fingerprint density at radius 1 is 0.812 bits per heavy atom. The van der Waals surface area contributed by atoms with Crippen molar-refractivity contribution in [3.8, 4) is 0 Å². The molecule has 2 aromatic carbocycles. The molecule has 0 unspecified atom stereocenters. The third-order valence-electron chi connectivity index (χ3n) is 4.66. The molecule has 0 radical (unpaired) electrons. The summed E-state index contributed by atoms with van der Waals surface area (Å²) in [5.74, 6) is 0.0177. The summed E-state index contributed by atoms with van der Waals surface area (Å²) < 4.78 is 79.3. The maximum absolute atomic E-state index is 13.2. The maximum Gasteiger partial charge on any atom is 0.416 e. The van der Waals surface area contributed by atoms with Gasteiger partial charge in [-0.15, -0.1) is 5.10 Å². The van der Waals surface area contributed by atoms with E-state index in [2.05, 4.69) is 25.6 Å². The van der Waals surface area contributed by atoms with Crippen LogP contribution >= 0.6 is 0 Å². The van der Waals surface area contributed by atoms with Gasteiger partial charge in [-0.1, -0.05) is 23.3 Å². The van der Waals surface area contributed by atoms with E-state index in [1.165, 1.54) is 4.90 Å². The molecule has 0 saturated carbocycles. The molecule has 0 spiro atoms. The van der Waals surface area contributed by atoms with Crippen molar-refractivity contribution in [1.82, 2.24) is 25.6 Å². The van der Waals surface area contributed by atoms with E-state index < -0.39 is 23.5 Å². The number of rotatable bonds is 5. The van der Waals surface area contributed by atoms with Crippen LogP contribution in [0.5, 0.6) is 0 Å². The first kappa shape index (κ1) is 21.5. The van der Waals surface area contributed by atoms with E-state index in [0.717, 1.165) is 10.9 Å². The molecule has 1 N–H and O–H groups in total. The molecule has 0 aliphatic rings. The lowest BCUT2D eigenvalue weighted by Gasteiger charge is -2.22. The smallest absolute Gasteiger partial charge is 0.329 e. The minimum absolute atomic E-state index is 0.0177. The molecule has 12 heteroatoms. The number of hydrogen-bond donors (Lipinski definition) is 1. The quantitative estimate of drug-likeness (QED) is 0.432. The number of aromatic nitrogens is 5. The van der Waals surface area contributed by atoms with Gasteiger partial charge in [0.2, 0.25) is 0 Å². The van der Waals surface area contributed by atoms with Gasteiger partial charge >= 0.3 is 12.4 Å². The number of aromatic amines is 1. The van der Waals surface area contributed by atoms with Crippen LogP contribution < -0.4 is 4.90 Å². The number of H-pyrrole nitrogens is 1. The highest BCUT2D eigenvalue weighted by Gasteiger charge is 2.37. The number of tetrazole rings is 1. The Hall–Kier alpha value is -3.70. The highest BCUT2D eigenvalue weighted by molar-refractivity contribution is 5.78. The Labute approximate surface area is 176 Å². The van der Waals surface area contributed by atoms with E-state index in [0.29, 0.717) is 17.7 Å². The van der Waals surface area contributed by atoms with Crippen LogP contribution in [0.3, 0.4) is 0 Å². The second-order valence-corrected chi connectivity index (χ2v) is 7.02. The zero-order chi connectivity index (χ0) is 22.9. The first-order valence-electron chi connectivity index (χ1n) is 9.20. The van der Waals surface area contributed by atoms with Gasteiger partial charge in [0.1, 0.15) is 0 Å². The lowest BCUT2D eigenvalue weighted by molar-refractivity contribution is -0.143. The van der Waals surface area contributed by atoms with Crippen LogP contribution in [0.15, 0.2) is 54.7 Å². The summed E-state index contributed by atoms with van der Waals surface area (Å²) in [6.45, 7) is -0.242. The van der Waals surface area contributed by atoms with E-state index in [1.807, 2.05) is 30.3 Å². The molecule has 0 aliphatic heterocycles. The van der Waals surface area contributed by atoms with Crippen LogP contribution in [0.25, 0.3) is 10.9 Å². The first-order valence-corrected chi connectivity index (χ1v) is 9.20. The monoisotopic (exact) mass is 452 g/mol. The van der Waals surface area contributed by atoms with E-state index in [9.17, 15) is 26.3 Å². The van der Waals surface area contributed by atoms with Crippen LogP contribution in [-0.4, -0.2) is 25.6 Å². The molecule has 4 rings (SSSR count). The molecule has 0 amide bonds. The first-order chi connectivity index (χ1) is 15.1. The second-order valence-electron chi connectivity index (χ2n) is 7.02. The van der Waals surface area contributed by atoms with Gasteiger partial charge < -0.3 is 4.90 Å². The minimum atomic E-state index is -4.94.